The molecule has 4 N–H and O–H groups in total. The highest BCUT2D eigenvalue weighted by atomic mass is 19.4. The Morgan fingerprint density at radius 2 is 1.68 bits per heavy atom. The molecule has 2 aromatic carbocycles. The van der Waals surface area contributed by atoms with Crippen molar-refractivity contribution in [2.45, 2.75) is 31.0 Å². The Hall–Kier alpha value is -3.11. The van der Waals surface area contributed by atoms with E-state index in [0.717, 1.165) is 18.7 Å². The van der Waals surface area contributed by atoms with Crippen molar-refractivity contribution in [2.24, 2.45) is 0 Å². The van der Waals surface area contributed by atoms with E-state index in [1.807, 2.05) is 0 Å². The van der Waals surface area contributed by atoms with Crippen LogP contribution in [-0.4, -0.2) is 47.6 Å². The van der Waals surface area contributed by atoms with Crippen molar-refractivity contribution in [3.8, 4) is 5.75 Å². The summed E-state index contributed by atoms with van der Waals surface area (Å²) in [5, 5.41) is 19.2. The number of carboxylic acid groups (broad SMARTS) is 1. The van der Waals surface area contributed by atoms with Gasteiger partial charge in [-0.2, -0.15) is 13.2 Å². The number of amides is 1. The molecule has 1 fully saturated rings. The van der Waals surface area contributed by atoms with Gasteiger partial charge in [0.2, 0.25) is 0 Å². The molecule has 2 atom stereocenters. The van der Waals surface area contributed by atoms with Gasteiger partial charge in [0, 0.05) is 17.5 Å². The molecule has 1 aliphatic carbocycles. The third-order valence-electron chi connectivity index (χ3n) is 4.48. The molecule has 0 aromatic heterocycles. The summed E-state index contributed by atoms with van der Waals surface area (Å²) in [6.45, 7) is 1.56. The fourth-order valence-electron chi connectivity index (χ4n) is 2.81. The average Bonchev–Trinajstić information content (AvgIpc) is 3.53. The molecule has 0 heterocycles. The zero-order chi connectivity index (χ0) is 22.9. The van der Waals surface area contributed by atoms with E-state index in [9.17, 15) is 18.0 Å². The van der Waals surface area contributed by atoms with E-state index in [1.54, 1.807) is 29.7 Å². The standard InChI is InChI=1S/C19H22N2O3.C2HF3O2/c22-19(21-23)15-7-9-16(10-8-15)24-12-4-11-20-18-13-17(18)14-5-2-1-3-6-14;3-2(4,5)1(6)7/h1-3,5-10,17-18,20,23H,4,11-13H2,(H,21,22);(H,6,7). The molecule has 0 aliphatic heterocycles. The molecule has 2 aromatic rings. The Morgan fingerprint density at radius 1 is 1.06 bits per heavy atom. The molecule has 10 heteroatoms. The normalized spacial score (nSPS) is 17.2. The quantitative estimate of drug-likeness (QED) is 0.285. The van der Waals surface area contributed by atoms with Crippen molar-refractivity contribution in [3.05, 3.63) is 65.7 Å². The van der Waals surface area contributed by atoms with E-state index in [0.29, 0.717) is 24.1 Å². The van der Waals surface area contributed by atoms with Crippen molar-refractivity contribution in [1.82, 2.24) is 10.8 Å². The number of carbonyl (C=O) groups excluding carboxylic acids is 1. The number of ether oxygens (including phenoxy) is 1. The first-order valence-corrected chi connectivity index (χ1v) is 9.48. The number of rotatable bonds is 8. The summed E-state index contributed by atoms with van der Waals surface area (Å²) in [6, 6.07) is 17.9. The first kappa shape index (κ1) is 24.2. The van der Waals surface area contributed by atoms with Gasteiger partial charge in [-0.3, -0.25) is 10.0 Å². The number of carbonyl (C=O) groups is 2. The fraction of sp³-hybridized carbons (Fsp3) is 0.333. The van der Waals surface area contributed by atoms with Crippen molar-refractivity contribution < 1.29 is 37.8 Å². The van der Waals surface area contributed by atoms with Crippen LogP contribution in [-0.2, 0) is 4.79 Å². The SMILES string of the molecule is O=C(NO)c1ccc(OCCCNC2CC2c2ccccc2)cc1.O=C(O)C(F)(F)F. The second-order valence-corrected chi connectivity index (χ2v) is 6.78. The minimum Gasteiger partial charge on any atom is -0.494 e. The van der Waals surface area contributed by atoms with Crippen LogP contribution >= 0.6 is 0 Å². The number of hydrogen-bond donors (Lipinski definition) is 4. The minimum atomic E-state index is -5.08. The van der Waals surface area contributed by atoms with Crippen molar-refractivity contribution in [3.63, 3.8) is 0 Å². The van der Waals surface area contributed by atoms with Gasteiger partial charge >= 0.3 is 12.1 Å². The fourth-order valence-corrected chi connectivity index (χ4v) is 2.81. The molecule has 1 amide bonds. The molecule has 1 aliphatic rings. The molecular weight excluding hydrogens is 417 g/mol. The van der Waals surface area contributed by atoms with Crippen LogP contribution in [0.3, 0.4) is 0 Å². The molecule has 0 spiro atoms. The molecule has 1 saturated carbocycles. The molecular formula is C21H23F3N2O5. The Morgan fingerprint density at radius 3 is 2.23 bits per heavy atom. The van der Waals surface area contributed by atoms with Gasteiger partial charge in [-0.05, 0) is 49.2 Å². The summed E-state index contributed by atoms with van der Waals surface area (Å²) in [6.07, 6.45) is -2.95. The first-order valence-electron chi connectivity index (χ1n) is 9.48. The number of halogens is 3. The maximum Gasteiger partial charge on any atom is 0.490 e. The van der Waals surface area contributed by atoms with Crippen LogP contribution in [0.4, 0.5) is 13.2 Å². The van der Waals surface area contributed by atoms with Crippen LogP contribution in [0.2, 0.25) is 0 Å². The predicted octanol–water partition coefficient (Wildman–Crippen LogP) is 3.35. The molecule has 3 rings (SSSR count). The van der Waals surface area contributed by atoms with E-state index in [2.05, 4.69) is 35.6 Å². The van der Waals surface area contributed by atoms with Crippen LogP contribution in [0.15, 0.2) is 54.6 Å². The summed E-state index contributed by atoms with van der Waals surface area (Å²) in [5.41, 5.74) is 3.42. The number of aliphatic carboxylic acids is 1. The summed E-state index contributed by atoms with van der Waals surface area (Å²) in [7, 11) is 0. The zero-order valence-corrected chi connectivity index (χ0v) is 16.4. The third-order valence-corrected chi connectivity index (χ3v) is 4.48. The lowest BCUT2D eigenvalue weighted by Gasteiger charge is -2.08. The molecule has 31 heavy (non-hydrogen) atoms. The molecule has 2 unspecified atom stereocenters. The number of alkyl halides is 3. The first-order chi connectivity index (χ1) is 14.7. The molecule has 168 valence electrons. The lowest BCUT2D eigenvalue weighted by Crippen LogP contribution is -2.21. The van der Waals surface area contributed by atoms with Crippen molar-refractivity contribution >= 4 is 11.9 Å². The van der Waals surface area contributed by atoms with E-state index in [1.165, 1.54) is 12.0 Å². The van der Waals surface area contributed by atoms with Crippen LogP contribution in [0, 0.1) is 0 Å². The second-order valence-electron chi connectivity index (χ2n) is 6.78. The van der Waals surface area contributed by atoms with Crippen LogP contribution in [0.5, 0.6) is 5.75 Å². The minimum absolute atomic E-state index is 0.396. The smallest absolute Gasteiger partial charge is 0.490 e. The highest BCUT2D eigenvalue weighted by Gasteiger charge is 2.38. The maximum atomic E-state index is 11.2. The molecule has 0 bridgehead atoms. The van der Waals surface area contributed by atoms with Gasteiger partial charge in [-0.15, -0.1) is 0 Å². The van der Waals surface area contributed by atoms with Gasteiger partial charge in [0.15, 0.2) is 0 Å². The van der Waals surface area contributed by atoms with Gasteiger partial charge in [-0.25, -0.2) is 10.3 Å². The summed E-state index contributed by atoms with van der Waals surface area (Å²) in [4.78, 5) is 20.1. The van der Waals surface area contributed by atoms with Crippen molar-refractivity contribution in [1.29, 1.82) is 0 Å². The monoisotopic (exact) mass is 440 g/mol. The van der Waals surface area contributed by atoms with E-state index >= 15 is 0 Å². The third kappa shape index (κ3) is 8.27. The van der Waals surface area contributed by atoms with Gasteiger partial charge in [0.05, 0.1) is 6.61 Å². The molecule has 7 nitrogen and oxygen atoms in total. The Bertz CT molecular complexity index is 844. The van der Waals surface area contributed by atoms with Crippen LogP contribution < -0.4 is 15.5 Å². The Balaban J connectivity index is 0.000000423. The van der Waals surface area contributed by atoms with Gasteiger partial charge in [0.25, 0.3) is 5.91 Å². The number of hydrogen-bond acceptors (Lipinski definition) is 5. The largest absolute Gasteiger partial charge is 0.494 e. The Labute approximate surface area is 176 Å². The molecule has 0 radical (unpaired) electrons. The van der Waals surface area contributed by atoms with E-state index in [-0.39, 0.29) is 0 Å². The van der Waals surface area contributed by atoms with Gasteiger partial charge < -0.3 is 15.2 Å². The lowest BCUT2D eigenvalue weighted by molar-refractivity contribution is -0.192. The highest BCUT2D eigenvalue weighted by Crippen LogP contribution is 2.40. The van der Waals surface area contributed by atoms with Gasteiger partial charge in [-0.1, -0.05) is 30.3 Å². The Kier molecular flexibility index (Phi) is 8.83. The summed E-state index contributed by atoms with van der Waals surface area (Å²) in [5.74, 6) is -1.91. The topological polar surface area (TPSA) is 108 Å². The van der Waals surface area contributed by atoms with E-state index < -0.39 is 18.1 Å². The maximum absolute atomic E-state index is 11.2. The second kappa shape index (κ2) is 11.3. The number of nitrogens with one attached hydrogen (secondary N) is 2. The van der Waals surface area contributed by atoms with Crippen LogP contribution in [0.25, 0.3) is 0 Å². The average molecular weight is 440 g/mol. The predicted molar refractivity (Wildman–Crippen MR) is 105 cm³/mol. The molecule has 0 saturated heterocycles. The van der Waals surface area contributed by atoms with E-state index in [4.69, 9.17) is 19.8 Å². The van der Waals surface area contributed by atoms with Crippen LogP contribution in [0.1, 0.15) is 34.7 Å². The van der Waals surface area contributed by atoms with Gasteiger partial charge in [0.1, 0.15) is 5.75 Å². The summed E-state index contributed by atoms with van der Waals surface area (Å²) >= 11 is 0. The number of carboxylic acids is 1. The zero-order valence-electron chi connectivity index (χ0n) is 16.4. The van der Waals surface area contributed by atoms with Crippen molar-refractivity contribution in [2.75, 3.05) is 13.2 Å². The summed E-state index contributed by atoms with van der Waals surface area (Å²) < 4.78 is 37.4. The highest BCUT2D eigenvalue weighted by molar-refractivity contribution is 5.93. The number of benzene rings is 2. The lowest BCUT2D eigenvalue weighted by atomic mass is 10.1. The number of hydroxylamine groups is 1.